The van der Waals surface area contributed by atoms with Gasteiger partial charge in [-0.25, -0.2) is 27.6 Å². The fraction of sp³-hybridized carbons (Fsp3) is 0.240. The fourth-order valence-corrected chi connectivity index (χ4v) is 4.43. The van der Waals surface area contributed by atoms with Crippen molar-refractivity contribution in [1.82, 2.24) is 0 Å². The van der Waals surface area contributed by atoms with E-state index in [0.29, 0.717) is 23.9 Å². The van der Waals surface area contributed by atoms with E-state index < -0.39 is 45.9 Å². The predicted octanol–water partition coefficient (Wildman–Crippen LogP) is 5.62. The molecule has 2 amide bonds. The first-order valence-electron chi connectivity index (χ1n) is 11.5. The van der Waals surface area contributed by atoms with E-state index in [-0.39, 0.29) is 40.7 Å². The van der Waals surface area contributed by atoms with Crippen molar-refractivity contribution in [3.8, 4) is 11.5 Å². The monoisotopic (exact) mass is 565 g/mol. The number of rotatable bonds is 11. The largest absolute Gasteiger partial charge is 0.494 e. The Morgan fingerprint density at radius 2 is 1.69 bits per heavy atom. The van der Waals surface area contributed by atoms with Gasteiger partial charge in [0.05, 0.1) is 36.3 Å². The third-order valence-electron chi connectivity index (χ3n) is 5.76. The third kappa shape index (κ3) is 6.34. The maximum atomic E-state index is 14.7. The Bertz CT molecular complexity index is 1440. The van der Waals surface area contributed by atoms with Crippen LogP contribution in [0.5, 0.6) is 11.5 Å². The molecule has 2 aromatic carbocycles. The first kappa shape index (κ1) is 27.6. The van der Waals surface area contributed by atoms with Crippen LogP contribution in [0.2, 0.25) is 0 Å². The summed E-state index contributed by atoms with van der Waals surface area (Å²) >= 11 is 0.596. The number of ether oxygens (including phenoxy) is 2. The topological polar surface area (TPSA) is 146 Å². The predicted molar refractivity (Wildman–Crippen MR) is 136 cm³/mol. The number of carbonyl (C=O) groups excluding carboxylic acids is 1. The number of methoxy groups -OCH3 is 1. The molecule has 0 radical (unpaired) electrons. The number of thiophene rings is 1. The number of amides is 2. The normalized spacial score (nSPS) is 12.5. The number of benzene rings is 2. The summed E-state index contributed by atoms with van der Waals surface area (Å²) < 4.78 is 54.1. The number of carboxylic acid groups (broad SMARTS) is 2. The quantitative estimate of drug-likeness (QED) is 0.202. The highest BCUT2D eigenvalue weighted by molar-refractivity contribution is 7.13. The van der Waals surface area contributed by atoms with Crippen LogP contribution in [0.1, 0.15) is 38.4 Å². The van der Waals surface area contributed by atoms with Crippen LogP contribution in [-0.4, -0.2) is 41.9 Å². The second kappa shape index (κ2) is 11.5. The molecule has 39 heavy (non-hydrogen) atoms. The number of carboxylic acids is 2. The lowest BCUT2D eigenvalue weighted by atomic mass is 10.1. The molecule has 3 aromatic rings. The van der Waals surface area contributed by atoms with Crippen molar-refractivity contribution in [2.75, 3.05) is 29.7 Å². The van der Waals surface area contributed by atoms with Crippen LogP contribution in [0.4, 0.5) is 35.0 Å². The molecule has 14 heteroatoms. The molecule has 0 spiro atoms. The summed E-state index contributed by atoms with van der Waals surface area (Å²) in [7, 11) is 1.26. The molecule has 1 aliphatic carbocycles. The van der Waals surface area contributed by atoms with E-state index in [4.69, 9.17) is 14.6 Å². The number of anilines is 3. The summed E-state index contributed by atoms with van der Waals surface area (Å²) in [5.74, 6) is -5.66. The minimum atomic E-state index is -1.57. The third-order valence-corrected chi connectivity index (χ3v) is 6.73. The van der Waals surface area contributed by atoms with Crippen molar-refractivity contribution < 1.29 is 47.2 Å². The Morgan fingerprint density at radius 3 is 2.33 bits per heavy atom. The molecule has 1 saturated carbocycles. The molecule has 1 aliphatic rings. The van der Waals surface area contributed by atoms with Gasteiger partial charge in [-0.15, -0.1) is 11.3 Å². The molecule has 0 atom stereocenters. The lowest BCUT2D eigenvalue weighted by Crippen LogP contribution is -2.21. The van der Waals surface area contributed by atoms with Gasteiger partial charge in [0.1, 0.15) is 21.9 Å². The SMILES string of the molecule is COc1cc(F)c(NC(=O)Nc2csc(C(=O)O)c2C(=O)O)cc1NCc1c(OCC2CC2)ccc(F)c1F. The van der Waals surface area contributed by atoms with Crippen LogP contribution >= 0.6 is 11.3 Å². The molecular weight excluding hydrogens is 543 g/mol. The number of nitrogens with one attached hydrogen (secondary N) is 3. The Kier molecular flexibility index (Phi) is 8.14. The van der Waals surface area contributed by atoms with Gasteiger partial charge in [-0.1, -0.05) is 0 Å². The van der Waals surface area contributed by atoms with Crippen LogP contribution in [0.15, 0.2) is 29.6 Å². The van der Waals surface area contributed by atoms with Gasteiger partial charge in [-0.2, -0.15) is 0 Å². The maximum absolute atomic E-state index is 14.7. The Labute approximate surface area is 223 Å². The Balaban J connectivity index is 1.53. The van der Waals surface area contributed by atoms with E-state index >= 15 is 0 Å². The first-order valence-corrected chi connectivity index (χ1v) is 12.3. The number of hydrogen-bond donors (Lipinski definition) is 5. The van der Waals surface area contributed by atoms with Crippen LogP contribution in [0.3, 0.4) is 0 Å². The highest BCUT2D eigenvalue weighted by Gasteiger charge is 2.25. The summed E-state index contributed by atoms with van der Waals surface area (Å²) in [4.78, 5) is 34.7. The highest BCUT2D eigenvalue weighted by Crippen LogP contribution is 2.34. The van der Waals surface area contributed by atoms with E-state index in [9.17, 15) is 32.7 Å². The molecule has 5 N–H and O–H groups in total. The first-order chi connectivity index (χ1) is 18.6. The fourth-order valence-electron chi connectivity index (χ4n) is 3.60. The molecule has 0 saturated heterocycles. The van der Waals surface area contributed by atoms with Crippen molar-refractivity contribution >= 4 is 46.4 Å². The van der Waals surface area contributed by atoms with Crippen molar-refractivity contribution in [2.45, 2.75) is 19.4 Å². The van der Waals surface area contributed by atoms with Gasteiger partial charge in [0.2, 0.25) is 0 Å². The molecule has 10 nitrogen and oxygen atoms in total. The average Bonchev–Trinajstić information content (AvgIpc) is 3.62. The minimum Gasteiger partial charge on any atom is -0.494 e. The molecule has 1 fully saturated rings. The van der Waals surface area contributed by atoms with Gasteiger partial charge < -0.3 is 35.6 Å². The summed E-state index contributed by atoms with van der Waals surface area (Å²) in [5.41, 5.74) is -1.28. The zero-order valence-electron chi connectivity index (χ0n) is 20.3. The Morgan fingerprint density at radius 1 is 0.974 bits per heavy atom. The lowest BCUT2D eigenvalue weighted by Gasteiger charge is -2.17. The minimum absolute atomic E-state index is 0.00665. The number of aromatic carboxylic acids is 2. The zero-order chi connectivity index (χ0) is 28.3. The van der Waals surface area contributed by atoms with Gasteiger partial charge in [-0.05, 0) is 37.0 Å². The van der Waals surface area contributed by atoms with E-state index in [1.54, 1.807) is 0 Å². The molecule has 0 unspecified atom stereocenters. The van der Waals surface area contributed by atoms with Crippen LogP contribution in [0.25, 0.3) is 0 Å². The molecule has 206 valence electrons. The van der Waals surface area contributed by atoms with Gasteiger partial charge in [0, 0.05) is 18.0 Å². The van der Waals surface area contributed by atoms with Gasteiger partial charge in [0.25, 0.3) is 0 Å². The number of carbonyl (C=O) groups is 3. The summed E-state index contributed by atoms with van der Waals surface area (Å²) in [6, 6.07) is 3.31. The maximum Gasteiger partial charge on any atom is 0.346 e. The summed E-state index contributed by atoms with van der Waals surface area (Å²) in [6.07, 6.45) is 2.00. The molecule has 0 bridgehead atoms. The van der Waals surface area contributed by atoms with E-state index in [2.05, 4.69) is 16.0 Å². The second-order valence-electron chi connectivity index (χ2n) is 8.52. The molecule has 1 heterocycles. The number of halogens is 3. The van der Waals surface area contributed by atoms with Crippen LogP contribution in [0, 0.1) is 23.4 Å². The standard InChI is InChI=1S/C25H22F3N3O7S/c1-37-19-6-14(27)15(30-25(36)31-17-10-39-22(24(34)35)20(17)23(32)33)7-16(19)29-8-12-18(38-9-11-2-3-11)5-4-13(26)21(12)28/h4-7,10-11,29H,2-3,8-9H2,1H3,(H,32,33)(H,34,35)(H2,30,31,36). The van der Waals surface area contributed by atoms with E-state index in [1.165, 1.54) is 13.2 Å². The average molecular weight is 566 g/mol. The van der Waals surface area contributed by atoms with Crippen molar-refractivity contribution in [2.24, 2.45) is 5.92 Å². The molecule has 1 aromatic heterocycles. The van der Waals surface area contributed by atoms with Gasteiger partial charge >= 0.3 is 18.0 Å². The van der Waals surface area contributed by atoms with Crippen LogP contribution < -0.4 is 25.4 Å². The van der Waals surface area contributed by atoms with Crippen LogP contribution in [-0.2, 0) is 6.54 Å². The smallest absolute Gasteiger partial charge is 0.346 e. The van der Waals surface area contributed by atoms with Crippen molar-refractivity contribution in [3.63, 3.8) is 0 Å². The zero-order valence-corrected chi connectivity index (χ0v) is 21.1. The van der Waals surface area contributed by atoms with E-state index in [0.717, 1.165) is 36.4 Å². The van der Waals surface area contributed by atoms with Gasteiger partial charge in [0.15, 0.2) is 17.5 Å². The summed E-state index contributed by atoms with van der Waals surface area (Å²) in [6.45, 7) is 0.0921. The second-order valence-corrected chi connectivity index (χ2v) is 9.40. The summed E-state index contributed by atoms with van der Waals surface area (Å²) in [5, 5.41) is 26.8. The number of hydrogen-bond acceptors (Lipinski definition) is 7. The lowest BCUT2D eigenvalue weighted by molar-refractivity contribution is 0.0657. The molecular formula is C25H22F3N3O7S. The van der Waals surface area contributed by atoms with Crippen molar-refractivity contribution in [1.29, 1.82) is 0 Å². The number of urea groups is 1. The highest BCUT2D eigenvalue weighted by atomic mass is 32.1. The molecule has 0 aliphatic heterocycles. The van der Waals surface area contributed by atoms with Crippen molar-refractivity contribution in [3.05, 3.63) is 63.1 Å². The Hall–Kier alpha value is -4.46. The van der Waals surface area contributed by atoms with Gasteiger partial charge in [-0.3, -0.25) is 0 Å². The molecule has 4 rings (SSSR count). The van der Waals surface area contributed by atoms with E-state index in [1.807, 2.05) is 0 Å².